The molecule has 0 aliphatic carbocycles. The Labute approximate surface area is 139 Å². The number of hydroxylamine groups is 1. The minimum absolute atomic E-state index is 0.179. The van der Waals surface area contributed by atoms with Crippen LogP contribution in [-0.2, 0) is 0 Å². The van der Waals surface area contributed by atoms with Gasteiger partial charge in [0.1, 0.15) is 9.88 Å². The molecule has 0 unspecified atom stereocenters. The summed E-state index contributed by atoms with van der Waals surface area (Å²) in [5.74, 6) is -0.793. The number of aromatic nitrogens is 1. The van der Waals surface area contributed by atoms with Gasteiger partial charge in [-0.15, -0.1) is 22.7 Å². The lowest BCUT2D eigenvalue weighted by Crippen LogP contribution is -2.25. The minimum Gasteiger partial charge on any atom is -0.342 e. The number of hydrogen-bond donors (Lipinski definition) is 3. The molecule has 8 heteroatoms. The van der Waals surface area contributed by atoms with Gasteiger partial charge in [0.05, 0.1) is 17.1 Å². The van der Waals surface area contributed by atoms with E-state index in [-0.39, 0.29) is 16.8 Å². The quantitative estimate of drug-likeness (QED) is 0.500. The van der Waals surface area contributed by atoms with E-state index in [0.29, 0.717) is 9.88 Å². The summed E-state index contributed by atoms with van der Waals surface area (Å²) in [6, 6.07) is 9.33. The van der Waals surface area contributed by atoms with Gasteiger partial charge in [0.25, 0.3) is 11.8 Å². The molecule has 1 atom stereocenters. The third kappa shape index (κ3) is 3.24. The van der Waals surface area contributed by atoms with Crippen molar-refractivity contribution in [3.05, 3.63) is 51.3 Å². The smallest absolute Gasteiger partial charge is 0.286 e. The number of rotatable bonds is 4. The molecule has 6 nitrogen and oxygen atoms in total. The first-order valence-corrected chi connectivity index (χ1v) is 8.41. The third-order valence-corrected chi connectivity index (χ3v) is 5.51. The fraction of sp³-hybridized carbons (Fsp3) is 0.133. The van der Waals surface area contributed by atoms with Gasteiger partial charge in [-0.2, -0.15) is 0 Å². The second-order valence-corrected chi connectivity index (χ2v) is 6.99. The fourth-order valence-corrected chi connectivity index (χ4v) is 3.85. The average molecular weight is 347 g/mol. The standard InChI is InChI=1S/C15H13N3O3S2/c1-8(15-16-7-12(23-15)14(20)18-21)17-13(19)11-6-9-4-2-3-5-10(9)22-11/h2-8,21H,1H3,(H,17,19)(H,18,20)/t8-/m0/s1. The number of carbonyl (C=O) groups is 2. The Balaban J connectivity index is 1.74. The number of fused-ring (bicyclic) bond motifs is 1. The highest BCUT2D eigenvalue weighted by molar-refractivity contribution is 7.20. The van der Waals surface area contributed by atoms with E-state index >= 15 is 0 Å². The van der Waals surface area contributed by atoms with Gasteiger partial charge in [0, 0.05) is 4.70 Å². The van der Waals surface area contributed by atoms with E-state index in [2.05, 4.69) is 10.3 Å². The van der Waals surface area contributed by atoms with Crippen molar-refractivity contribution in [1.29, 1.82) is 0 Å². The molecule has 0 radical (unpaired) electrons. The number of nitrogens with one attached hydrogen (secondary N) is 2. The van der Waals surface area contributed by atoms with E-state index in [9.17, 15) is 9.59 Å². The summed E-state index contributed by atoms with van der Waals surface area (Å²) in [6.07, 6.45) is 1.37. The van der Waals surface area contributed by atoms with Crippen molar-refractivity contribution in [2.24, 2.45) is 0 Å². The molecule has 23 heavy (non-hydrogen) atoms. The summed E-state index contributed by atoms with van der Waals surface area (Å²) in [4.78, 5) is 28.7. The van der Waals surface area contributed by atoms with Crippen LogP contribution >= 0.6 is 22.7 Å². The molecule has 1 aromatic carbocycles. The zero-order valence-electron chi connectivity index (χ0n) is 12.1. The molecule has 0 fully saturated rings. The molecule has 2 heterocycles. The summed E-state index contributed by atoms with van der Waals surface area (Å²) < 4.78 is 1.06. The van der Waals surface area contributed by atoms with Gasteiger partial charge < -0.3 is 5.32 Å². The molecular weight excluding hydrogens is 334 g/mol. The van der Waals surface area contributed by atoms with Gasteiger partial charge >= 0.3 is 0 Å². The summed E-state index contributed by atoms with van der Waals surface area (Å²) in [5.41, 5.74) is 1.56. The lowest BCUT2D eigenvalue weighted by atomic mass is 10.2. The highest BCUT2D eigenvalue weighted by atomic mass is 32.1. The number of nitrogens with zero attached hydrogens (tertiary/aromatic N) is 1. The Bertz CT molecular complexity index is 839. The maximum absolute atomic E-state index is 12.4. The second-order valence-electron chi connectivity index (χ2n) is 4.85. The predicted molar refractivity (Wildman–Crippen MR) is 89.1 cm³/mol. The summed E-state index contributed by atoms with van der Waals surface area (Å²) in [7, 11) is 0. The van der Waals surface area contributed by atoms with E-state index in [1.54, 1.807) is 12.4 Å². The van der Waals surface area contributed by atoms with Crippen molar-refractivity contribution in [3.8, 4) is 0 Å². The molecule has 0 saturated heterocycles. The van der Waals surface area contributed by atoms with E-state index in [4.69, 9.17) is 5.21 Å². The van der Waals surface area contributed by atoms with Crippen LogP contribution in [0.4, 0.5) is 0 Å². The molecule has 2 aromatic heterocycles. The molecule has 3 rings (SSSR count). The number of carbonyl (C=O) groups excluding carboxylic acids is 2. The van der Waals surface area contributed by atoms with Crippen molar-refractivity contribution >= 4 is 44.6 Å². The summed E-state index contributed by atoms with van der Waals surface area (Å²) in [5, 5.41) is 13.1. The van der Waals surface area contributed by atoms with Crippen molar-refractivity contribution in [1.82, 2.24) is 15.8 Å². The molecule has 0 aliphatic rings. The Hall–Kier alpha value is -2.29. The summed E-state index contributed by atoms with van der Waals surface area (Å²) in [6.45, 7) is 1.80. The zero-order chi connectivity index (χ0) is 16.4. The Morgan fingerprint density at radius 3 is 2.70 bits per heavy atom. The van der Waals surface area contributed by atoms with Gasteiger partial charge in [-0.3, -0.25) is 14.8 Å². The van der Waals surface area contributed by atoms with Crippen LogP contribution in [0, 0.1) is 0 Å². The van der Waals surface area contributed by atoms with Crippen molar-refractivity contribution in [2.45, 2.75) is 13.0 Å². The molecular formula is C15H13N3O3S2. The van der Waals surface area contributed by atoms with Crippen molar-refractivity contribution < 1.29 is 14.8 Å². The number of hydrogen-bond acceptors (Lipinski definition) is 6. The van der Waals surface area contributed by atoms with Crippen LogP contribution in [0.2, 0.25) is 0 Å². The maximum Gasteiger partial charge on any atom is 0.286 e. The van der Waals surface area contributed by atoms with Gasteiger partial charge in [-0.05, 0) is 24.4 Å². The SMILES string of the molecule is C[C@H](NC(=O)c1cc2ccccc2s1)c1ncc(C(=O)NO)s1. The third-order valence-electron chi connectivity index (χ3n) is 3.22. The van der Waals surface area contributed by atoms with Crippen LogP contribution in [-0.4, -0.2) is 22.0 Å². The molecule has 0 spiro atoms. The first kappa shape index (κ1) is 15.6. The van der Waals surface area contributed by atoms with Crippen LogP contribution in [0.25, 0.3) is 10.1 Å². The topological polar surface area (TPSA) is 91.3 Å². The van der Waals surface area contributed by atoms with Crippen molar-refractivity contribution in [3.63, 3.8) is 0 Å². The number of benzene rings is 1. The lowest BCUT2D eigenvalue weighted by Gasteiger charge is -2.09. The Morgan fingerprint density at radius 2 is 1.96 bits per heavy atom. The molecule has 118 valence electrons. The van der Waals surface area contributed by atoms with Crippen molar-refractivity contribution in [2.75, 3.05) is 0 Å². The number of amides is 2. The fourth-order valence-electron chi connectivity index (χ4n) is 2.07. The number of thiazole rings is 1. The van der Waals surface area contributed by atoms with Crippen LogP contribution in [0.3, 0.4) is 0 Å². The lowest BCUT2D eigenvalue weighted by molar-refractivity contribution is 0.0710. The highest BCUT2D eigenvalue weighted by Crippen LogP contribution is 2.26. The minimum atomic E-state index is -0.614. The average Bonchev–Trinajstić information content (AvgIpc) is 3.20. The Kier molecular flexibility index (Phi) is 4.37. The van der Waals surface area contributed by atoms with E-state index in [1.165, 1.54) is 17.5 Å². The molecule has 3 N–H and O–H groups in total. The van der Waals surface area contributed by atoms with Gasteiger partial charge in [-0.1, -0.05) is 18.2 Å². The Morgan fingerprint density at radius 1 is 1.17 bits per heavy atom. The predicted octanol–water partition coefficient (Wildman–Crippen LogP) is 2.97. The highest BCUT2D eigenvalue weighted by Gasteiger charge is 2.18. The van der Waals surface area contributed by atoms with E-state index < -0.39 is 5.91 Å². The largest absolute Gasteiger partial charge is 0.342 e. The second kappa shape index (κ2) is 6.45. The molecule has 0 bridgehead atoms. The molecule has 2 amide bonds. The van der Waals surface area contributed by atoms with Crippen LogP contribution < -0.4 is 10.8 Å². The molecule has 0 aliphatic heterocycles. The van der Waals surface area contributed by atoms with Gasteiger partial charge in [-0.25, -0.2) is 10.5 Å². The van der Waals surface area contributed by atoms with Crippen LogP contribution in [0.15, 0.2) is 36.5 Å². The van der Waals surface area contributed by atoms with Crippen LogP contribution in [0.1, 0.15) is 37.3 Å². The summed E-state index contributed by atoms with van der Waals surface area (Å²) >= 11 is 2.55. The number of thiophene rings is 1. The van der Waals surface area contributed by atoms with E-state index in [1.807, 2.05) is 30.3 Å². The molecule has 3 aromatic rings. The first-order valence-electron chi connectivity index (χ1n) is 6.78. The first-order chi connectivity index (χ1) is 11.1. The normalized spacial score (nSPS) is 12.1. The van der Waals surface area contributed by atoms with Crippen LogP contribution in [0.5, 0.6) is 0 Å². The monoisotopic (exact) mass is 347 g/mol. The van der Waals surface area contributed by atoms with E-state index in [0.717, 1.165) is 21.4 Å². The maximum atomic E-state index is 12.4. The zero-order valence-corrected chi connectivity index (χ0v) is 13.7. The van der Waals surface area contributed by atoms with Gasteiger partial charge in [0.15, 0.2) is 0 Å². The van der Waals surface area contributed by atoms with Gasteiger partial charge in [0.2, 0.25) is 0 Å². The molecule has 0 saturated carbocycles.